The zero-order chi connectivity index (χ0) is 25.9. The summed E-state index contributed by atoms with van der Waals surface area (Å²) in [4.78, 5) is 29.4. The maximum atomic E-state index is 13.5. The standard InChI is InChI=1S/C27H22F2N4O3S/c1-36-19-10-7-16(8-11-19)22-14-23(17-5-3-2-4-6-17)33(32-22)27-31-26(35)24(37-27)15-25(34)30-18-9-12-20(28)21(29)13-18/h2-13,23-24H,14-15H2,1H3,(H,30,34)/t23-,24-/m1/s1. The molecular weight excluding hydrogens is 498 g/mol. The molecule has 0 radical (unpaired) electrons. The highest BCUT2D eigenvalue weighted by Gasteiger charge is 2.39. The molecule has 3 aromatic rings. The SMILES string of the molecule is COc1ccc(C2=NN(C3=NC(=O)[C@@H](CC(=O)Nc4ccc(F)c(F)c4)S3)[C@@H](c3ccccc3)C2)cc1. The minimum atomic E-state index is -1.07. The Morgan fingerprint density at radius 3 is 2.54 bits per heavy atom. The van der Waals surface area contributed by atoms with Gasteiger partial charge in [0.1, 0.15) is 11.0 Å². The second kappa shape index (κ2) is 10.5. The van der Waals surface area contributed by atoms with Crippen molar-refractivity contribution in [2.45, 2.75) is 24.1 Å². The van der Waals surface area contributed by atoms with Crippen LogP contribution in [0.1, 0.15) is 30.0 Å². The minimum absolute atomic E-state index is 0.109. The molecule has 5 rings (SSSR count). The maximum Gasteiger partial charge on any atom is 0.262 e. The van der Waals surface area contributed by atoms with E-state index in [0.717, 1.165) is 34.7 Å². The van der Waals surface area contributed by atoms with E-state index in [-0.39, 0.29) is 18.2 Å². The second-order valence-electron chi connectivity index (χ2n) is 8.47. The number of amidine groups is 1. The van der Waals surface area contributed by atoms with E-state index in [1.54, 1.807) is 12.1 Å². The number of carbonyl (C=O) groups is 2. The summed E-state index contributed by atoms with van der Waals surface area (Å²) in [6.45, 7) is 0. The number of benzene rings is 3. The first-order chi connectivity index (χ1) is 17.9. The molecule has 2 aliphatic heterocycles. The van der Waals surface area contributed by atoms with Crippen molar-refractivity contribution >= 4 is 40.1 Å². The number of anilines is 1. The summed E-state index contributed by atoms with van der Waals surface area (Å²) < 4.78 is 31.9. The summed E-state index contributed by atoms with van der Waals surface area (Å²) in [6, 6.07) is 20.3. The summed E-state index contributed by atoms with van der Waals surface area (Å²) in [5.41, 5.74) is 2.90. The molecule has 0 saturated carbocycles. The lowest BCUT2D eigenvalue weighted by Crippen LogP contribution is -2.25. The van der Waals surface area contributed by atoms with Crippen molar-refractivity contribution in [2.24, 2.45) is 10.1 Å². The third-order valence-electron chi connectivity index (χ3n) is 6.02. The van der Waals surface area contributed by atoms with E-state index in [1.807, 2.05) is 54.6 Å². The Labute approximate surface area is 216 Å². The lowest BCUT2D eigenvalue weighted by molar-refractivity contribution is -0.121. The average molecular weight is 521 g/mol. The Bertz CT molecular complexity index is 1400. The molecule has 2 amide bonds. The van der Waals surface area contributed by atoms with E-state index in [2.05, 4.69) is 10.3 Å². The lowest BCUT2D eigenvalue weighted by atomic mass is 9.98. The van der Waals surface area contributed by atoms with Gasteiger partial charge in [-0.2, -0.15) is 10.1 Å². The van der Waals surface area contributed by atoms with Gasteiger partial charge < -0.3 is 10.1 Å². The van der Waals surface area contributed by atoms with Gasteiger partial charge in [0.05, 0.1) is 18.9 Å². The number of nitrogens with zero attached hydrogens (tertiary/aromatic N) is 3. The molecule has 1 N–H and O–H groups in total. The van der Waals surface area contributed by atoms with Crippen LogP contribution in [0.15, 0.2) is 82.9 Å². The van der Waals surface area contributed by atoms with E-state index < -0.39 is 28.7 Å². The first kappa shape index (κ1) is 24.6. The van der Waals surface area contributed by atoms with Gasteiger partial charge in [0, 0.05) is 24.6 Å². The third kappa shape index (κ3) is 5.39. The summed E-state index contributed by atoms with van der Waals surface area (Å²) in [6.07, 6.45) is 0.430. The molecule has 188 valence electrons. The molecule has 0 aliphatic carbocycles. The summed E-state index contributed by atoms with van der Waals surface area (Å²) in [5.74, 6) is -2.28. The summed E-state index contributed by atoms with van der Waals surface area (Å²) >= 11 is 1.17. The zero-order valence-corrected chi connectivity index (χ0v) is 20.5. The number of carbonyl (C=O) groups excluding carboxylic acids is 2. The van der Waals surface area contributed by atoms with E-state index in [1.165, 1.54) is 17.8 Å². The minimum Gasteiger partial charge on any atom is -0.497 e. The molecule has 0 saturated heterocycles. The van der Waals surface area contributed by atoms with Gasteiger partial charge in [-0.1, -0.05) is 42.1 Å². The van der Waals surface area contributed by atoms with Crippen LogP contribution >= 0.6 is 11.8 Å². The zero-order valence-electron chi connectivity index (χ0n) is 19.7. The number of rotatable bonds is 6. The number of hydrazone groups is 1. The summed E-state index contributed by atoms with van der Waals surface area (Å²) in [5, 5.41) is 8.71. The smallest absolute Gasteiger partial charge is 0.262 e. The van der Waals surface area contributed by atoms with Gasteiger partial charge in [0.2, 0.25) is 5.91 Å². The van der Waals surface area contributed by atoms with Gasteiger partial charge in [-0.05, 0) is 47.5 Å². The largest absolute Gasteiger partial charge is 0.497 e. The van der Waals surface area contributed by atoms with Crippen LogP contribution in [0.2, 0.25) is 0 Å². The molecule has 0 spiro atoms. The van der Waals surface area contributed by atoms with Crippen LogP contribution in [0.5, 0.6) is 5.75 Å². The van der Waals surface area contributed by atoms with Gasteiger partial charge in [0.25, 0.3) is 5.91 Å². The molecule has 7 nitrogen and oxygen atoms in total. The van der Waals surface area contributed by atoms with Crippen molar-refractivity contribution < 1.29 is 23.1 Å². The Hall–Kier alpha value is -4.05. The fraction of sp³-hybridized carbons (Fsp3) is 0.185. The van der Waals surface area contributed by atoms with E-state index in [4.69, 9.17) is 9.84 Å². The molecular formula is C27H22F2N4O3S. The van der Waals surface area contributed by atoms with E-state index >= 15 is 0 Å². The monoisotopic (exact) mass is 520 g/mol. The Balaban J connectivity index is 1.33. The number of thioether (sulfide) groups is 1. The number of halogens is 2. The normalized spacial score (nSPS) is 19.0. The van der Waals surface area contributed by atoms with Crippen molar-refractivity contribution in [1.29, 1.82) is 0 Å². The molecule has 2 aliphatic rings. The highest BCUT2D eigenvalue weighted by molar-refractivity contribution is 8.15. The number of amides is 2. The maximum absolute atomic E-state index is 13.5. The molecule has 0 bridgehead atoms. The average Bonchev–Trinajstić information content (AvgIpc) is 3.51. The Kier molecular flexibility index (Phi) is 7.00. The van der Waals surface area contributed by atoms with Crippen LogP contribution in [0.3, 0.4) is 0 Å². The van der Waals surface area contributed by atoms with Crippen molar-refractivity contribution in [3.63, 3.8) is 0 Å². The third-order valence-corrected chi connectivity index (χ3v) is 7.16. The van der Waals surface area contributed by atoms with Crippen LogP contribution in [-0.4, -0.2) is 40.1 Å². The van der Waals surface area contributed by atoms with E-state index in [9.17, 15) is 18.4 Å². The first-order valence-corrected chi connectivity index (χ1v) is 12.4. The molecule has 37 heavy (non-hydrogen) atoms. The molecule has 10 heteroatoms. The number of ether oxygens (including phenoxy) is 1. The fourth-order valence-electron chi connectivity index (χ4n) is 4.14. The number of nitrogens with one attached hydrogen (secondary N) is 1. The molecule has 2 heterocycles. The van der Waals surface area contributed by atoms with Crippen LogP contribution in [-0.2, 0) is 9.59 Å². The first-order valence-electron chi connectivity index (χ1n) is 11.5. The fourth-order valence-corrected chi connectivity index (χ4v) is 5.20. The van der Waals surface area contributed by atoms with Crippen molar-refractivity contribution in [3.8, 4) is 5.75 Å². The van der Waals surface area contributed by atoms with Gasteiger partial charge in [-0.3, -0.25) is 9.59 Å². The van der Waals surface area contributed by atoms with Crippen molar-refractivity contribution in [2.75, 3.05) is 12.4 Å². The van der Waals surface area contributed by atoms with Crippen LogP contribution < -0.4 is 10.1 Å². The molecule has 0 fully saturated rings. The number of hydrogen-bond acceptors (Lipinski definition) is 6. The van der Waals surface area contributed by atoms with Crippen LogP contribution in [0.25, 0.3) is 0 Å². The predicted octanol–water partition coefficient (Wildman–Crippen LogP) is 5.15. The molecule has 0 unspecified atom stereocenters. The second-order valence-corrected chi connectivity index (χ2v) is 9.64. The van der Waals surface area contributed by atoms with Crippen molar-refractivity contribution in [3.05, 3.63) is 95.6 Å². The van der Waals surface area contributed by atoms with Gasteiger partial charge in [-0.25, -0.2) is 13.8 Å². The predicted molar refractivity (Wildman–Crippen MR) is 139 cm³/mol. The van der Waals surface area contributed by atoms with Crippen LogP contribution in [0, 0.1) is 11.6 Å². The lowest BCUT2D eigenvalue weighted by Gasteiger charge is -2.23. The Morgan fingerprint density at radius 2 is 1.84 bits per heavy atom. The van der Waals surface area contributed by atoms with Gasteiger partial charge >= 0.3 is 0 Å². The highest BCUT2D eigenvalue weighted by atomic mass is 32.2. The quantitative estimate of drug-likeness (QED) is 0.486. The number of hydrogen-bond donors (Lipinski definition) is 1. The number of methoxy groups -OCH3 is 1. The van der Waals surface area contributed by atoms with Crippen LogP contribution in [0.4, 0.5) is 14.5 Å². The van der Waals surface area contributed by atoms with Gasteiger partial charge in [-0.15, -0.1) is 0 Å². The molecule has 3 aromatic carbocycles. The molecule has 2 atom stereocenters. The topological polar surface area (TPSA) is 83.4 Å². The molecule has 0 aromatic heterocycles. The summed E-state index contributed by atoms with van der Waals surface area (Å²) in [7, 11) is 1.61. The highest BCUT2D eigenvalue weighted by Crippen LogP contribution is 2.38. The van der Waals surface area contributed by atoms with E-state index in [0.29, 0.717) is 11.6 Å². The number of aliphatic imine (C=N–C) groups is 1. The van der Waals surface area contributed by atoms with Gasteiger partial charge in [0.15, 0.2) is 16.8 Å². The van der Waals surface area contributed by atoms with Crippen molar-refractivity contribution in [1.82, 2.24) is 5.01 Å². The Morgan fingerprint density at radius 1 is 1.08 bits per heavy atom.